The van der Waals surface area contributed by atoms with Crippen molar-refractivity contribution in [3.05, 3.63) is 94.3 Å². The van der Waals surface area contributed by atoms with Gasteiger partial charge in [-0.05, 0) is 54.4 Å². The van der Waals surface area contributed by atoms with E-state index < -0.39 is 23.5 Å². The zero-order valence-corrected chi connectivity index (χ0v) is 21.4. The van der Waals surface area contributed by atoms with Crippen molar-refractivity contribution in [3.8, 4) is 5.75 Å². The largest absolute Gasteiger partial charge is 0.507 e. The van der Waals surface area contributed by atoms with Crippen molar-refractivity contribution in [3.63, 3.8) is 0 Å². The smallest absolute Gasteiger partial charge is 0.301 e. The van der Waals surface area contributed by atoms with Gasteiger partial charge in [-0.15, -0.1) is 0 Å². The molecule has 1 fully saturated rings. The highest BCUT2D eigenvalue weighted by Crippen LogP contribution is 2.44. The molecule has 0 radical (unpaired) electrons. The summed E-state index contributed by atoms with van der Waals surface area (Å²) in [6, 6.07) is 16.3. The number of thiazole rings is 1. The van der Waals surface area contributed by atoms with Crippen molar-refractivity contribution in [2.45, 2.75) is 25.8 Å². The van der Waals surface area contributed by atoms with E-state index in [9.17, 15) is 19.1 Å². The molecule has 0 aliphatic carbocycles. The summed E-state index contributed by atoms with van der Waals surface area (Å²) in [6.07, 6.45) is 1.85. The van der Waals surface area contributed by atoms with Crippen molar-refractivity contribution in [2.24, 2.45) is 0 Å². The van der Waals surface area contributed by atoms with Crippen LogP contribution in [0.2, 0.25) is 5.02 Å². The number of anilines is 1. The van der Waals surface area contributed by atoms with Gasteiger partial charge in [-0.3, -0.25) is 14.5 Å². The first-order valence-corrected chi connectivity index (χ1v) is 12.9. The summed E-state index contributed by atoms with van der Waals surface area (Å²) >= 11 is 7.32. The van der Waals surface area contributed by atoms with Gasteiger partial charge in [0, 0.05) is 10.6 Å². The quantitative estimate of drug-likeness (QED) is 0.120. The molecule has 0 saturated carbocycles. The Morgan fingerprint density at radius 2 is 1.92 bits per heavy atom. The molecular formula is C28H22ClFN2O4S. The Hall–Kier alpha value is -3.75. The number of benzene rings is 3. The van der Waals surface area contributed by atoms with Gasteiger partial charge in [0.1, 0.15) is 17.3 Å². The minimum atomic E-state index is -1.01. The van der Waals surface area contributed by atoms with E-state index in [1.165, 1.54) is 40.5 Å². The number of aromatic nitrogens is 1. The summed E-state index contributed by atoms with van der Waals surface area (Å²) in [5.41, 5.74) is 1.28. The number of aliphatic hydroxyl groups excluding tert-OH is 1. The van der Waals surface area contributed by atoms with Gasteiger partial charge in [0.2, 0.25) is 0 Å². The van der Waals surface area contributed by atoms with E-state index in [0.29, 0.717) is 34.0 Å². The number of carbonyl (C=O) groups is 2. The van der Waals surface area contributed by atoms with Gasteiger partial charge in [0.15, 0.2) is 5.13 Å². The van der Waals surface area contributed by atoms with Crippen LogP contribution in [0.3, 0.4) is 0 Å². The van der Waals surface area contributed by atoms with Crippen LogP contribution in [0.25, 0.3) is 16.0 Å². The molecule has 0 spiro atoms. The Kier molecular flexibility index (Phi) is 6.95. The number of carbonyl (C=O) groups excluding carboxylic acids is 2. The molecule has 1 aliphatic heterocycles. The fraction of sp³-hybridized carbons (Fsp3) is 0.179. The summed E-state index contributed by atoms with van der Waals surface area (Å²) < 4.78 is 20.3. The van der Waals surface area contributed by atoms with Crippen LogP contribution < -0.4 is 9.64 Å². The van der Waals surface area contributed by atoms with E-state index in [1.807, 2.05) is 0 Å². The molecule has 0 bridgehead atoms. The zero-order chi connectivity index (χ0) is 26.1. The van der Waals surface area contributed by atoms with Crippen molar-refractivity contribution in [1.82, 2.24) is 4.98 Å². The van der Waals surface area contributed by atoms with E-state index in [1.54, 1.807) is 42.5 Å². The summed E-state index contributed by atoms with van der Waals surface area (Å²) in [5, 5.41) is 12.1. The van der Waals surface area contributed by atoms with Crippen LogP contribution >= 0.6 is 22.9 Å². The predicted molar refractivity (Wildman–Crippen MR) is 143 cm³/mol. The number of ether oxygens (including phenoxy) is 1. The monoisotopic (exact) mass is 536 g/mol. The Balaban J connectivity index is 1.64. The van der Waals surface area contributed by atoms with Crippen LogP contribution in [0.1, 0.15) is 36.9 Å². The highest BCUT2D eigenvalue weighted by molar-refractivity contribution is 7.22. The molecule has 2 heterocycles. The summed E-state index contributed by atoms with van der Waals surface area (Å²) in [7, 11) is 0. The third kappa shape index (κ3) is 4.82. The minimum Gasteiger partial charge on any atom is -0.507 e. The number of nitrogens with zero attached hydrogens (tertiary/aromatic N) is 2. The molecule has 9 heteroatoms. The summed E-state index contributed by atoms with van der Waals surface area (Å²) in [4.78, 5) is 32.5. The summed E-state index contributed by atoms with van der Waals surface area (Å²) in [5.74, 6) is -1.97. The number of unbranched alkanes of at least 4 members (excludes halogenated alkanes) is 1. The van der Waals surface area contributed by atoms with Crippen LogP contribution in [0.15, 0.2) is 72.3 Å². The van der Waals surface area contributed by atoms with Gasteiger partial charge in [0.25, 0.3) is 5.78 Å². The van der Waals surface area contributed by atoms with Crippen LogP contribution in [0.4, 0.5) is 9.52 Å². The highest BCUT2D eigenvalue weighted by Gasteiger charge is 2.48. The van der Waals surface area contributed by atoms with Gasteiger partial charge in [-0.25, -0.2) is 9.37 Å². The molecule has 6 nitrogen and oxygen atoms in total. The normalized spacial score (nSPS) is 17.1. The van der Waals surface area contributed by atoms with Gasteiger partial charge >= 0.3 is 5.91 Å². The van der Waals surface area contributed by atoms with Crippen LogP contribution in [-0.2, 0) is 9.59 Å². The van der Waals surface area contributed by atoms with E-state index in [-0.39, 0.29) is 16.5 Å². The lowest BCUT2D eigenvalue weighted by molar-refractivity contribution is -0.132. The second-order valence-corrected chi connectivity index (χ2v) is 10.0. The number of amides is 1. The lowest BCUT2D eigenvalue weighted by atomic mass is 9.95. The van der Waals surface area contributed by atoms with Crippen LogP contribution in [0, 0.1) is 5.82 Å². The second kappa shape index (κ2) is 10.3. The maximum absolute atomic E-state index is 13.8. The van der Waals surface area contributed by atoms with Crippen molar-refractivity contribution >= 4 is 55.7 Å². The lowest BCUT2D eigenvalue weighted by Crippen LogP contribution is -2.29. The highest BCUT2D eigenvalue weighted by atomic mass is 35.5. The maximum atomic E-state index is 13.8. The van der Waals surface area contributed by atoms with Gasteiger partial charge in [-0.2, -0.15) is 0 Å². The number of hydrogen-bond donors (Lipinski definition) is 1. The third-order valence-electron chi connectivity index (χ3n) is 6.05. The SMILES string of the molecule is CCCCOc1cccc(/C(O)=C2\C(=O)C(=O)N(c3nc4ccc(Cl)cc4s3)C2c2ccc(F)cc2)c1. The number of rotatable bonds is 7. The molecule has 5 rings (SSSR count). The molecule has 1 saturated heterocycles. The summed E-state index contributed by atoms with van der Waals surface area (Å²) in [6.45, 7) is 2.57. The topological polar surface area (TPSA) is 79.7 Å². The number of aliphatic hydroxyl groups is 1. The third-order valence-corrected chi connectivity index (χ3v) is 7.30. The number of hydrogen-bond acceptors (Lipinski definition) is 6. The predicted octanol–water partition coefficient (Wildman–Crippen LogP) is 6.89. The van der Waals surface area contributed by atoms with E-state index in [2.05, 4.69) is 11.9 Å². The van der Waals surface area contributed by atoms with Gasteiger partial charge < -0.3 is 9.84 Å². The van der Waals surface area contributed by atoms with Crippen molar-refractivity contribution in [2.75, 3.05) is 11.5 Å². The molecule has 1 N–H and O–H groups in total. The average Bonchev–Trinajstić information content (AvgIpc) is 3.42. The number of ketones is 1. The molecule has 37 heavy (non-hydrogen) atoms. The van der Waals surface area contributed by atoms with Gasteiger partial charge in [-0.1, -0.05) is 60.5 Å². The van der Waals surface area contributed by atoms with E-state index >= 15 is 0 Å². The van der Waals surface area contributed by atoms with E-state index in [0.717, 1.165) is 17.5 Å². The Morgan fingerprint density at radius 1 is 1.14 bits per heavy atom. The number of fused-ring (bicyclic) bond motifs is 1. The molecule has 1 aromatic heterocycles. The Bertz CT molecular complexity index is 1530. The molecule has 4 aromatic rings. The molecule has 1 aliphatic rings. The first-order valence-electron chi connectivity index (χ1n) is 11.7. The minimum absolute atomic E-state index is 0.111. The van der Waals surface area contributed by atoms with Crippen LogP contribution in [-0.4, -0.2) is 28.4 Å². The van der Waals surface area contributed by atoms with Crippen molar-refractivity contribution < 1.29 is 23.8 Å². The molecule has 188 valence electrons. The second-order valence-electron chi connectivity index (χ2n) is 8.56. The van der Waals surface area contributed by atoms with E-state index in [4.69, 9.17) is 16.3 Å². The number of Topliss-reactive ketones (excluding diaryl/α,β-unsaturated/α-hetero) is 1. The lowest BCUT2D eigenvalue weighted by Gasteiger charge is -2.23. The first kappa shape index (κ1) is 24.9. The molecule has 1 unspecified atom stereocenters. The fourth-order valence-corrected chi connectivity index (χ4v) is 5.47. The Morgan fingerprint density at radius 3 is 2.68 bits per heavy atom. The molecular weight excluding hydrogens is 515 g/mol. The number of halogens is 2. The first-order chi connectivity index (χ1) is 17.9. The molecule has 3 aromatic carbocycles. The molecule has 1 amide bonds. The Labute approximate surface area is 221 Å². The maximum Gasteiger partial charge on any atom is 0.301 e. The average molecular weight is 537 g/mol. The van der Waals surface area contributed by atoms with Crippen molar-refractivity contribution in [1.29, 1.82) is 0 Å². The zero-order valence-electron chi connectivity index (χ0n) is 19.8. The molecule has 1 atom stereocenters. The standard InChI is InChI=1S/C28H22ClFN2O4S/c1-2-3-13-36-20-6-4-5-17(14-20)25(33)23-24(16-7-10-19(30)11-8-16)32(27(35)26(23)34)28-31-21-12-9-18(29)15-22(21)37-28/h4-12,14-15,24,33H,2-3,13H2,1H3/b25-23+. The fourth-order valence-electron chi connectivity index (χ4n) is 4.20. The van der Waals surface area contributed by atoms with Crippen LogP contribution in [0.5, 0.6) is 5.75 Å². The van der Waals surface area contributed by atoms with Gasteiger partial charge in [0.05, 0.1) is 28.4 Å².